The van der Waals surface area contributed by atoms with Gasteiger partial charge in [-0.05, 0) is 71.5 Å². The van der Waals surface area contributed by atoms with Gasteiger partial charge in [-0.2, -0.15) is 0 Å². The van der Waals surface area contributed by atoms with Crippen LogP contribution in [-0.2, 0) is 14.8 Å². The summed E-state index contributed by atoms with van der Waals surface area (Å²) in [6.45, 7) is 1.47. The predicted octanol–water partition coefficient (Wildman–Crippen LogP) is 4.31. The summed E-state index contributed by atoms with van der Waals surface area (Å²) in [5.74, 6) is -0.472. The third kappa shape index (κ3) is 5.47. The normalized spacial score (nSPS) is 11.2. The molecule has 2 aromatic carbocycles. The first kappa shape index (κ1) is 20.3. The molecule has 0 heterocycles. The van der Waals surface area contributed by atoms with Gasteiger partial charge in [0.15, 0.2) is 0 Å². The van der Waals surface area contributed by atoms with Crippen molar-refractivity contribution in [2.45, 2.75) is 6.92 Å². The SMILES string of the molecule is Cc1cc(I)ccc1NC(=O)CN(c1ccc(Cl)cc1Cl)S(C)(=O)=O. The lowest BCUT2D eigenvalue weighted by Gasteiger charge is -2.23. The molecule has 0 aromatic heterocycles. The minimum atomic E-state index is -3.71. The molecular weight excluding hydrogens is 498 g/mol. The molecule has 2 aromatic rings. The van der Waals surface area contributed by atoms with Gasteiger partial charge in [-0.1, -0.05) is 23.2 Å². The van der Waals surface area contributed by atoms with Crippen molar-refractivity contribution in [3.05, 3.63) is 55.6 Å². The van der Waals surface area contributed by atoms with E-state index in [0.29, 0.717) is 10.7 Å². The van der Waals surface area contributed by atoms with Gasteiger partial charge in [-0.15, -0.1) is 0 Å². The van der Waals surface area contributed by atoms with E-state index < -0.39 is 22.5 Å². The summed E-state index contributed by atoms with van der Waals surface area (Å²) < 4.78 is 26.2. The van der Waals surface area contributed by atoms with Gasteiger partial charge in [0, 0.05) is 14.3 Å². The number of aryl methyl sites for hydroxylation is 1. The van der Waals surface area contributed by atoms with E-state index in [9.17, 15) is 13.2 Å². The lowest BCUT2D eigenvalue weighted by molar-refractivity contribution is -0.114. The van der Waals surface area contributed by atoms with Crippen molar-refractivity contribution in [1.29, 1.82) is 0 Å². The van der Waals surface area contributed by atoms with Gasteiger partial charge < -0.3 is 5.32 Å². The van der Waals surface area contributed by atoms with E-state index in [-0.39, 0.29) is 10.7 Å². The molecular formula is C16H15Cl2IN2O3S. The molecule has 2 rings (SSSR count). The number of nitrogens with zero attached hydrogens (tertiary/aromatic N) is 1. The highest BCUT2D eigenvalue weighted by Gasteiger charge is 2.23. The first-order chi connectivity index (χ1) is 11.6. The molecule has 0 unspecified atom stereocenters. The summed E-state index contributed by atoms with van der Waals surface area (Å²) in [7, 11) is -3.71. The number of carbonyl (C=O) groups excluding carboxylic acids is 1. The Hall–Kier alpha value is -1.03. The Morgan fingerprint density at radius 2 is 1.88 bits per heavy atom. The number of sulfonamides is 1. The highest BCUT2D eigenvalue weighted by Crippen LogP contribution is 2.30. The average Bonchev–Trinajstić information content (AvgIpc) is 2.47. The van der Waals surface area contributed by atoms with E-state index >= 15 is 0 Å². The molecule has 0 spiro atoms. The average molecular weight is 513 g/mol. The second-order valence-electron chi connectivity index (χ2n) is 5.37. The van der Waals surface area contributed by atoms with Gasteiger partial charge in [0.1, 0.15) is 6.54 Å². The fourth-order valence-corrected chi connectivity index (χ4v) is 4.23. The van der Waals surface area contributed by atoms with Crippen LogP contribution in [0.5, 0.6) is 0 Å². The number of amides is 1. The number of carbonyl (C=O) groups is 1. The highest BCUT2D eigenvalue weighted by atomic mass is 127. The molecule has 1 amide bonds. The summed E-state index contributed by atoms with van der Waals surface area (Å²) in [6, 6.07) is 9.96. The first-order valence-electron chi connectivity index (χ1n) is 7.06. The van der Waals surface area contributed by atoms with Crippen molar-refractivity contribution in [1.82, 2.24) is 0 Å². The van der Waals surface area contributed by atoms with Crippen LogP contribution in [0, 0.1) is 10.5 Å². The summed E-state index contributed by atoms with van der Waals surface area (Å²) >= 11 is 14.1. The maximum Gasteiger partial charge on any atom is 0.245 e. The molecule has 0 aliphatic rings. The third-order valence-corrected chi connectivity index (χ3v) is 5.66. The van der Waals surface area contributed by atoms with Crippen LogP contribution in [-0.4, -0.2) is 27.1 Å². The molecule has 0 aliphatic carbocycles. The summed E-state index contributed by atoms with van der Waals surface area (Å²) in [4.78, 5) is 12.4. The van der Waals surface area contributed by atoms with E-state index in [0.717, 1.165) is 19.7 Å². The Kier molecular flexibility index (Phi) is 6.58. The van der Waals surface area contributed by atoms with Crippen molar-refractivity contribution in [3.63, 3.8) is 0 Å². The van der Waals surface area contributed by atoms with Crippen LogP contribution in [0.2, 0.25) is 10.0 Å². The Morgan fingerprint density at radius 1 is 1.20 bits per heavy atom. The Bertz CT molecular complexity index is 920. The van der Waals surface area contributed by atoms with E-state index in [1.165, 1.54) is 18.2 Å². The summed E-state index contributed by atoms with van der Waals surface area (Å²) in [5.41, 5.74) is 1.71. The molecule has 0 atom stereocenters. The van der Waals surface area contributed by atoms with Crippen LogP contribution >= 0.6 is 45.8 Å². The molecule has 0 aliphatic heterocycles. The molecule has 134 valence electrons. The van der Waals surface area contributed by atoms with E-state index in [4.69, 9.17) is 23.2 Å². The molecule has 1 N–H and O–H groups in total. The molecule has 25 heavy (non-hydrogen) atoms. The largest absolute Gasteiger partial charge is 0.324 e. The van der Waals surface area contributed by atoms with Crippen molar-refractivity contribution in [2.75, 3.05) is 22.4 Å². The maximum atomic E-state index is 12.4. The number of rotatable bonds is 5. The summed E-state index contributed by atoms with van der Waals surface area (Å²) in [5, 5.41) is 3.25. The van der Waals surface area contributed by atoms with Crippen LogP contribution in [0.3, 0.4) is 0 Å². The second kappa shape index (κ2) is 8.11. The standard InChI is InChI=1S/C16H15Cl2IN2O3S/c1-10-7-12(19)4-5-14(10)20-16(22)9-21(25(2,23)24)15-6-3-11(17)8-13(15)18/h3-8H,9H2,1-2H3,(H,20,22). The van der Waals surface area contributed by atoms with Gasteiger partial charge in [0.2, 0.25) is 15.9 Å². The quantitative estimate of drug-likeness (QED) is 0.607. The topological polar surface area (TPSA) is 66.5 Å². The fraction of sp³-hybridized carbons (Fsp3) is 0.188. The molecule has 0 saturated heterocycles. The van der Waals surface area contributed by atoms with Crippen molar-refractivity contribution in [3.8, 4) is 0 Å². The van der Waals surface area contributed by atoms with E-state index in [1.807, 2.05) is 19.1 Å². The Morgan fingerprint density at radius 3 is 2.44 bits per heavy atom. The molecule has 0 fully saturated rings. The number of benzene rings is 2. The zero-order chi connectivity index (χ0) is 18.8. The summed E-state index contributed by atoms with van der Waals surface area (Å²) in [6.07, 6.45) is 1.02. The van der Waals surface area contributed by atoms with Gasteiger partial charge in [-0.25, -0.2) is 8.42 Å². The minimum Gasteiger partial charge on any atom is -0.324 e. The van der Waals surface area contributed by atoms with E-state index in [2.05, 4.69) is 27.9 Å². The number of hydrogen-bond acceptors (Lipinski definition) is 3. The lowest BCUT2D eigenvalue weighted by atomic mass is 10.2. The van der Waals surface area contributed by atoms with Gasteiger partial charge >= 0.3 is 0 Å². The van der Waals surface area contributed by atoms with Crippen molar-refractivity contribution < 1.29 is 13.2 Å². The number of anilines is 2. The highest BCUT2D eigenvalue weighted by molar-refractivity contribution is 14.1. The van der Waals surface area contributed by atoms with Crippen LogP contribution in [0.1, 0.15) is 5.56 Å². The Labute approximate surface area is 170 Å². The first-order valence-corrected chi connectivity index (χ1v) is 10.7. The zero-order valence-electron chi connectivity index (χ0n) is 13.4. The fourth-order valence-electron chi connectivity index (χ4n) is 2.15. The Balaban J connectivity index is 2.27. The van der Waals surface area contributed by atoms with Gasteiger partial charge in [0.05, 0.1) is 17.0 Å². The van der Waals surface area contributed by atoms with Crippen LogP contribution < -0.4 is 9.62 Å². The van der Waals surface area contributed by atoms with Crippen LogP contribution in [0.25, 0.3) is 0 Å². The van der Waals surface area contributed by atoms with Crippen LogP contribution in [0.15, 0.2) is 36.4 Å². The smallest absolute Gasteiger partial charge is 0.245 e. The third-order valence-electron chi connectivity index (χ3n) is 3.33. The molecule has 5 nitrogen and oxygen atoms in total. The van der Waals surface area contributed by atoms with Crippen molar-refractivity contribution >= 4 is 73.1 Å². The lowest BCUT2D eigenvalue weighted by Crippen LogP contribution is -2.37. The van der Waals surface area contributed by atoms with Crippen LogP contribution in [0.4, 0.5) is 11.4 Å². The molecule has 0 radical (unpaired) electrons. The number of nitrogens with one attached hydrogen (secondary N) is 1. The van der Waals surface area contributed by atoms with E-state index in [1.54, 1.807) is 6.07 Å². The predicted molar refractivity (Wildman–Crippen MR) is 111 cm³/mol. The second-order valence-corrected chi connectivity index (χ2v) is 9.37. The molecule has 9 heteroatoms. The number of hydrogen-bond donors (Lipinski definition) is 1. The minimum absolute atomic E-state index is 0.149. The molecule has 0 bridgehead atoms. The van der Waals surface area contributed by atoms with Gasteiger partial charge in [0.25, 0.3) is 0 Å². The zero-order valence-corrected chi connectivity index (χ0v) is 17.9. The molecule has 0 saturated carbocycles. The maximum absolute atomic E-state index is 12.4. The number of halogens is 3. The van der Waals surface area contributed by atoms with Crippen molar-refractivity contribution in [2.24, 2.45) is 0 Å². The van der Waals surface area contributed by atoms with Gasteiger partial charge in [-0.3, -0.25) is 9.10 Å². The monoisotopic (exact) mass is 512 g/mol.